The maximum Gasteiger partial charge on any atom is 0.410 e. The standard InChI is InChI=1S/C38H41N5O5.C31H36N4O3.CH4O/c1-23(42(2)38(47)48-22-24-11-4-3-5-12-24)35(44)41-31-21-28-27-16-8-9-17-30(27)39-34(28)32-19-20-33(43(32)37(31)46)36(45)40-29-18-10-14-25-13-6-7-15-26(25)29;1-3-18(2)29(36)34-25-17-22-21-12-6-7-13-24(21)32-28(22)26-15-16-27(35(26)31(25)38)30(37)33-23-14-8-10-19-9-4-5-11-20(19)23;1-2/h3-9,11-13,15-17,23,29,31-33,39H,10,14,18-22H2,1-2H3,(H,40,45)(H,41,44);4-7,9,11-13,18,23,25-27,32H,3,8,10,14-17H2,1-2H3,(H,33,37)(H,34,36);2H,1H3/t23-,29+,31-,32+,33-;18-,23-,25+,26-,27+;/m01./s1. The van der Waals surface area contributed by atoms with Gasteiger partial charge in [0.2, 0.25) is 35.4 Å². The maximum atomic E-state index is 14.5. The average Bonchev–Trinajstić information content (AvgIpc) is 1.69. The normalized spacial score (nSPS) is 23.0. The van der Waals surface area contributed by atoms with Crippen LogP contribution in [-0.2, 0) is 65.8 Å². The van der Waals surface area contributed by atoms with Crippen LogP contribution in [0.25, 0.3) is 21.8 Å². The molecule has 0 radical (unpaired) electrons. The molecule has 2 saturated heterocycles. The van der Waals surface area contributed by atoms with Crippen LogP contribution in [-0.4, -0.2) is 116 Å². The minimum absolute atomic E-state index is 0.0434. The fourth-order valence-electron chi connectivity index (χ4n) is 14.2. The number of aromatic amines is 2. The van der Waals surface area contributed by atoms with Crippen molar-refractivity contribution < 1.29 is 43.4 Å². The molecule has 0 spiro atoms. The third-order valence-corrected chi connectivity index (χ3v) is 19.2. The zero-order valence-electron chi connectivity index (χ0n) is 50.9. The Bertz CT molecular complexity index is 3730. The van der Waals surface area contributed by atoms with E-state index < -0.39 is 42.2 Å². The summed E-state index contributed by atoms with van der Waals surface area (Å²) in [5, 5.41) is 21.6. The van der Waals surface area contributed by atoms with Crippen molar-refractivity contribution in [2.24, 2.45) is 5.92 Å². The first-order valence-corrected chi connectivity index (χ1v) is 31.3. The van der Waals surface area contributed by atoms with Crippen LogP contribution < -0.4 is 21.3 Å². The molecule has 7 N–H and O–H groups in total. The number of hydrogen-bond donors (Lipinski definition) is 7. The van der Waals surface area contributed by atoms with Gasteiger partial charge in [0.1, 0.15) is 36.8 Å². The number of amides is 7. The van der Waals surface area contributed by atoms with E-state index in [9.17, 15) is 33.6 Å². The first-order chi connectivity index (χ1) is 42.8. The van der Waals surface area contributed by atoms with E-state index in [4.69, 9.17) is 9.84 Å². The zero-order valence-corrected chi connectivity index (χ0v) is 50.9. The maximum absolute atomic E-state index is 14.5. The number of hydrogen-bond acceptors (Lipinski definition) is 9. The molecule has 2 fully saturated rings. The lowest BCUT2D eigenvalue weighted by atomic mass is 9.87. The van der Waals surface area contributed by atoms with Crippen LogP contribution >= 0.6 is 0 Å². The van der Waals surface area contributed by atoms with Crippen LogP contribution in [0.1, 0.15) is 153 Å². The van der Waals surface area contributed by atoms with Gasteiger partial charge >= 0.3 is 6.09 Å². The van der Waals surface area contributed by atoms with Gasteiger partial charge in [-0.3, -0.25) is 33.7 Å². The molecule has 7 aromatic rings. The number of aromatic nitrogens is 2. The molecule has 18 heteroatoms. The lowest BCUT2D eigenvalue weighted by molar-refractivity contribution is -0.143. The molecule has 4 aliphatic heterocycles. The van der Waals surface area contributed by atoms with Crippen molar-refractivity contribution in [3.8, 4) is 0 Å². The lowest BCUT2D eigenvalue weighted by Gasteiger charge is -2.33. The minimum atomic E-state index is -0.930. The number of rotatable bonds is 12. The van der Waals surface area contributed by atoms with Crippen molar-refractivity contribution in [2.75, 3.05) is 14.2 Å². The number of benzene rings is 5. The van der Waals surface area contributed by atoms with Crippen LogP contribution in [0.3, 0.4) is 0 Å². The Morgan fingerprint density at radius 3 is 1.50 bits per heavy atom. The van der Waals surface area contributed by atoms with Crippen molar-refractivity contribution in [3.63, 3.8) is 0 Å². The molecule has 18 nitrogen and oxygen atoms in total. The Morgan fingerprint density at radius 2 is 1.01 bits per heavy atom. The number of fused-ring (bicyclic) bond motifs is 12. The van der Waals surface area contributed by atoms with Gasteiger partial charge in [-0.1, -0.05) is 129 Å². The number of carbonyl (C=O) groups is 7. The quantitative estimate of drug-likeness (QED) is 0.0616. The Kier molecular flexibility index (Phi) is 18.5. The van der Waals surface area contributed by atoms with Crippen LogP contribution in [0.5, 0.6) is 0 Å². The molecule has 88 heavy (non-hydrogen) atoms. The third-order valence-electron chi connectivity index (χ3n) is 19.2. The van der Waals surface area contributed by atoms with E-state index in [0.717, 1.165) is 101 Å². The first kappa shape index (κ1) is 60.9. The molecule has 5 aromatic carbocycles. The highest BCUT2D eigenvalue weighted by Gasteiger charge is 2.50. The monoisotopic (exact) mass is 1190 g/mol. The topological polar surface area (TPSA) is 238 Å². The number of aliphatic hydroxyl groups is 1. The van der Waals surface area contributed by atoms with E-state index >= 15 is 0 Å². The summed E-state index contributed by atoms with van der Waals surface area (Å²) in [5.74, 6) is -1.53. The van der Waals surface area contributed by atoms with Crippen molar-refractivity contribution >= 4 is 63.3 Å². The molecule has 13 rings (SSSR count). The molecule has 0 bridgehead atoms. The second-order valence-corrected chi connectivity index (χ2v) is 24.3. The van der Waals surface area contributed by atoms with E-state index in [2.05, 4.69) is 61.6 Å². The second kappa shape index (κ2) is 26.7. The predicted octanol–water partition coefficient (Wildman–Crippen LogP) is 9.18. The Balaban J connectivity index is 0.000000181. The molecule has 2 aliphatic carbocycles. The van der Waals surface area contributed by atoms with Gasteiger partial charge < -0.3 is 50.9 Å². The number of H-pyrrole nitrogens is 2. The molecule has 6 aliphatic rings. The highest BCUT2D eigenvalue weighted by Crippen LogP contribution is 2.45. The smallest absolute Gasteiger partial charge is 0.410 e. The summed E-state index contributed by atoms with van der Waals surface area (Å²) < 4.78 is 5.44. The van der Waals surface area contributed by atoms with E-state index in [-0.39, 0.29) is 72.6 Å². The fraction of sp³-hybridized carbons (Fsp3) is 0.414. The van der Waals surface area contributed by atoms with Gasteiger partial charge in [0.25, 0.3) is 0 Å². The molecule has 2 aromatic heterocycles. The Morgan fingerprint density at radius 1 is 0.568 bits per heavy atom. The molecule has 10 atom stereocenters. The highest BCUT2D eigenvalue weighted by atomic mass is 16.6. The largest absolute Gasteiger partial charge is 0.445 e. The van der Waals surface area contributed by atoms with Crippen molar-refractivity contribution in [3.05, 3.63) is 178 Å². The van der Waals surface area contributed by atoms with E-state index in [0.29, 0.717) is 38.5 Å². The van der Waals surface area contributed by atoms with Gasteiger partial charge in [-0.25, -0.2) is 4.79 Å². The minimum Gasteiger partial charge on any atom is -0.445 e. The molecule has 7 amide bonds. The molecular weight excluding hydrogens is 1110 g/mol. The van der Waals surface area contributed by atoms with Gasteiger partial charge in [0, 0.05) is 66.1 Å². The molecular formula is C70H81N9O9. The number of nitrogens with zero attached hydrogens (tertiary/aromatic N) is 3. The number of nitrogens with one attached hydrogen (secondary N) is 6. The summed E-state index contributed by atoms with van der Waals surface area (Å²) >= 11 is 0. The number of ether oxygens (including phenoxy) is 1. The number of carbonyl (C=O) groups excluding carboxylic acids is 7. The van der Waals surface area contributed by atoms with Crippen LogP contribution in [0, 0.1) is 5.92 Å². The van der Waals surface area contributed by atoms with Gasteiger partial charge in [0.15, 0.2) is 0 Å². The van der Waals surface area contributed by atoms with Gasteiger partial charge in [-0.15, -0.1) is 0 Å². The van der Waals surface area contributed by atoms with Crippen molar-refractivity contribution in [1.29, 1.82) is 0 Å². The summed E-state index contributed by atoms with van der Waals surface area (Å²) in [7, 11) is 2.50. The lowest BCUT2D eigenvalue weighted by Crippen LogP contribution is -2.56. The average molecular weight is 1190 g/mol. The summed E-state index contributed by atoms with van der Waals surface area (Å²) in [4.78, 5) is 108. The SMILES string of the molecule is CC[C@@H](C)C(=O)N[C@H]1Cc2c([nH]c3ccccc23)[C@H]2CC[C@@H](C(=O)N[C@@H]3CCCc4ccccc43)N2C1=O.CO.C[C@@H](C(=O)N[C@H]1Cc2c([nH]c3ccccc23)[C@H]2CC[C@@H](C(=O)N[C@@H]3CCCc4ccccc43)N2C1=O)N(C)C(=O)OCc1ccccc1. The number of likely N-dealkylation sites (N-methyl/N-ethyl adjacent to an activating group) is 1. The number of para-hydroxylation sites is 2. The number of aliphatic hydroxyl groups excluding tert-OH is 1. The third kappa shape index (κ3) is 12.1. The van der Waals surface area contributed by atoms with E-state index in [1.54, 1.807) is 16.7 Å². The molecule has 460 valence electrons. The summed E-state index contributed by atoms with van der Waals surface area (Å²) in [6.07, 6.45) is 8.93. The predicted molar refractivity (Wildman–Crippen MR) is 335 cm³/mol. The van der Waals surface area contributed by atoms with Crippen molar-refractivity contribution in [1.82, 2.24) is 45.9 Å². The van der Waals surface area contributed by atoms with Gasteiger partial charge in [-0.05, 0) is 129 Å². The van der Waals surface area contributed by atoms with E-state index in [1.807, 2.05) is 111 Å². The highest BCUT2D eigenvalue weighted by molar-refractivity contribution is 5.98. The number of aryl methyl sites for hydroxylation is 2. The first-order valence-electron chi connectivity index (χ1n) is 31.3. The summed E-state index contributed by atoms with van der Waals surface area (Å²) in [6, 6.07) is 37.4. The van der Waals surface area contributed by atoms with Gasteiger partial charge in [-0.2, -0.15) is 0 Å². The molecule has 6 heterocycles. The Hall–Kier alpha value is -8.77. The summed E-state index contributed by atoms with van der Waals surface area (Å²) in [6.45, 7) is 5.53. The van der Waals surface area contributed by atoms with Crippen LogP contribution in [0.4, 0.5) is 4.79 Å². The van der Waals surface area contributed by atoms with E-state index in [1.165, 1.54) is 28.6 Å². The molecule has 0 unspecified atom stereocenters. The zero-order chi connectivity index (χ0) is 61.8. The second-order valence-electron chi connectivity index (χ2n) is 24.3. The van der Waals surface area contributed by atoms with Crippen LogP contribution in [0.15, 0.2) is 127 Å². The molecule has 0 saturated carbocycles. The van der Waals surface area contributed by atoms with Crippen LogP contribution in [0.2, 0.25) is 0 Å². The summed E-state index contributed by atoms with van der Waals surface area (Å²) in [5.41, 5.74) is 11.6. The Labute approximate surface area is 513 Å². The fourth-order valence-corrected chi connectivity index (χ4v) is 14.2. The van der Waals surface area contributed by atoms with Crippen molar-refractivity contribution in [2.45, 2.75) is 165 Å². The van der Waals surface area contributed by atoms with Gasteiger partial charge in [0.05, 0.1) is 24.2 Å².